The van der Waals surface area contributed by atoms with Crippen molar-refractivity contribution in [1.82, 2.24) is 0 Å². The third-order valence-electron chi connectivity index (χ3n) is 3.93. The lowest BCUT2D eigenvalue weighted by atomic mass is 10.1. The van der Waals surface area contributed by atoms with Gasteiger partial charge in [0.25, 0.3) is 5.91 Å². The highest BCUT2D eigenvalue weighted by Gasteiger charge is 2.10. The molecule has 0 saturated heterocycles. The molecule has 4 nitrogen and oxygen atoms in total. The van der Waals surface area contributed by atoms with Gasteiger partial charge in [0.2, 0.25) is 0 Å². The first-order valence-electron chi connectivity index (χ1n) is 8.33. The number of hydrogen-bond acceptors (Lipinski definition) is 4. The Morgan fingerprint density at radius 2 is 1.96 bits per heavy atom. The normalized spacial score (nSPS) is 11.1. The van der Waals surface area contributed by atoms with Gasteiger partial charge in [-0.2, -0.15) is 0 Å². The molecule has 27 heavy (non-hydrogen) atoms. The number of anilines is 1. The smallest absolute Gasteiger partial charge is 0.331 e. The molecule has 3 aromatic rings. The van der Waals surface area contributed by atoms with Crippen LogP contribution in [-0.2, 0) is 14.3 Å². The summed E-state index contributed by atoms with van der Waals surface area (Å²) in [6.07, 6.45) is 2.89. The molecule has 138 valence electrons. The summed E-state index contributed by atoms with van der Waals surface area (Å²) in [5.74, 6) is -0.983. The van der Waals surface area contributed by atoms with Gasteiger partial charge in [0, 0.05) is 26.7 Å². The number of nitrogens with one attached hydrogen (secondary N) is 1. The summed E-state index contributed by atoms with van der Waals surface area (Å²) in [5.41, 5.74) is 2.77. The second kappa shape index (κ2) is 8.37. The Morgan fingerprint density at radius 3 is 2.70 bits per heavy atom. The zero-order valence-corrected chi connectivity index (χ0v) is 16.5. The van der Waals surface area contributed by atoms with Crippen LogP contribution >= 0.6 is 22.9 Å². The molecule has 2 aromatic carbocycles. The molecule has 0 aliphatic rings. The molecule has 1 amide bonds. The summed E-state index contributed by atoms with van der Waals surface area (Å²) in [6.45, 7) is 3.54. The molecule has 0 unspecified atom stereocenters. The number of halogens is 1. The highest BCUT2D eigenvalue weighted by molar-refractivity contribution is 7.20. The van der Waals surface area contributed by atoms with Crippen LogP contribution in [0.2, 0.25) is 5.02 Å². The van der Waals surface area contributed by atoms with Gasteiger partial charge < -0.3 is 10.1 Å². The van der Waals surface area contributed by atoms with Gasteiger partial charge in [-0.05, 0) is 37.6 Å². The van der Waals surface area contributed by atoms with E-state index in [0.717, 1.165) is 26.1 Å². The molecule has 0 saturated carbocycles. The highest BCUT2D eigenvalue weighted by Crippen LogP contribution is 2.35. The van der Waals surface area contributed by atoms with E-state index in [4.69, 9.17) is 16.3 Å². The summed E-state index contributed by atoms with van der Waals surface area (Å²) in [7, 11) is 0. The Balaban J connectivity index is 1.56. The predicted molar refractivity (Wildman–Crippen MR) is 111 cm³/mol. The molecular weight excluding hydrogens is 382 g/mol. The van der Waals surface area contributed by atoms with Gasteiger partial charge in [0.1, 0.15) is 0 Å². The number of carbonyl (C=O) groups is 2. The third-order valence-corrected chi connectivity index (χ3v) is 5.59. The van der Waals surface area contributed by atoms with Crippen LogP contribution in [0.25, 0.3) is 16.2 Å². The van der Waals surface area contributed by atoms with Gasteiger partial charge in [0.05, 0.1) is 5.02 Å². The van der Waals surface area contributed by atoms with Gasteiger partial charge in [0.15, 0.2) is 6.61 Å². The maximum atomic E-state index is 12.0. The average Bonchev–Trinajstić information content (AvgIpc) is 2.97. The number of benzene rings is 2. The quantitative estimate of drug-likeness (QED) is 0.463. The number of aryl methyl sites for hydroxylation is 2. The Kier molecular flexibility index (Phi) is 5.94. The van der Waals surface area contributed by atoms with Crippen molar-refractivity contribution in [3.63, 3.8) is 0 Å². The molecule has 0 bridgehead atoms. The first-order chi connectivity index (χ1) is 12.9. The molecule has 3 rings (SSSR count). The maximum absolute atomic E-state index is 12.0. The average molecular weight is 400 g/mol. The van der Waals surface area contributed by atoms with Crippen LogP contribution in [0.4, 0.5) is 5.69 Å². The molecule has 0 aliphatic carbocycles. The molecule has 0 atom stereocenters. The molecule has 0 radical (unpaired) electrons. The van der Waals surface area contributed by atoms with Crippen molar-refractivity contribution in [3.05, 3.63) is 69.6 Å². The maximum Gasteiger partial charge on any atom is 0.331 e. The van der Waals surface area contributed by atoms with Crippen LogP contribution in [0, 0.1) is 13.8 Å². The molecular formula is C21H18ClNO3S. The number of hydrogen-bond donors (Lipinski definition) is 1. The molecule has 0 aliphatic heterocycles. The van der Waals surface area contributed by atoms with Crippen LogP contribution in [0.1, 0.15) is 16.0 Å². The van der Waals surface area contributed by atoms with Crippen molar-refractivity contribution in [2.24, 2.45) is 0 Å². The standard InChI is InChI=1S/C21H18ClNO3S/c1-13-7-8-16(14(2)11-13)23-19(24)12-26-20(25)10-9-18-21(22)15-5-3-4-6-17(15)27-18/h3-11H,12H2,1-2H3,(H,23,24)/b10-9+. The minimum absolute atomic E-state index is 0.351. The van der Waals surface area contributed by atoms with Crippen molar-refractivity contribution in [1.29, 1.82) is 0 Å². The Hall–Kier alpha value is -2.63. The zero-order chi connectivity index (χ0) is 19.4. The van der Waals surface area contributed by atoms with Crippen molar-refractivity contribution in [2.75, 3.05) is 11.9 Å². The SMILES string of the molecule is Cc1ccc(NC(=O)COC(=O)/C=C/c2sc3ccccc3c2Cl)c(C)c1. The van der Waals surface area contributed by atoms with Crippen molar-refractivity contribution in [2.45, 2.75) is 13.8 Å². The fraction of sp³-hybridized carbons (Fsp3) is 0.143. The number of thiophene rings is 1. The number of fused-ring (bicyclic) bond motifs is 1. The van der Waals surface area contributed by atoms with Crippen molar-refractivity contribution in [3.8, 4) is 0 Å². The summed E-state index contributed by atoms with van der Waals surface area (Å²) in [4.78, 5) is 24.6. The van der Waals surface area contributed by atoms with Crippen molar-refractivity contribution < 1.29 is 14.3 Å². The van der Waals surface area contributed by atoms with Crippen LogP contribution < -0.4 is 5.32 Å². The molecule has 1 N–H and O–H groups in total. The second-order valence-corrected chi connectivity index (χ2v) is 7.55. The van der Waals surface area contributed by atoms with Crippen LogP contribution in [0.5, 0.6) is 0 Å². The molecule has 1 heterocycles. The predicted octanol–water partition coefficient (Wildman–Crippen LogP) is 5.37. The minimum Gasteiger partial charge on any atom is -0.452 e. The lowest BCUT2D eigenvalue weighted by Gasteiger charge is -2.09. The Bertz CT molecular complexity index is 1040. The topological polar surface area (TPSA) is 55.4 Å². The third kappa shape index (κ3) is 4.76. The van der Waals surface area contributed by atoms with E-state index in [1.807, 2.05) is 56.3 Å². The highest BCUT2D eigenvalue weighted by atomic mass is 35.5. The lowest BCUT2D eigenvalue weighted by Crippen LogP contribution is -2.20. The van der Waals surface area contributed by atoms with Gasteiger partial charge in [-0.25, -0.2) is 4.79 Å². The monoisotopic (exact) mass is 399 g/mol. The summed E-state index contributed by atoms with van der Waals surface area (Å²) in [6, 6.07) is 13.5. The summed E-state index contributed by atoms with van der Waals surface area (Å²) < 4.78 is 6.04. The van der Waals surface area contributed by atoms with E-state index < -0.39 is 5.97 Å². The Labute approximate surface area is 166 Å². The van der Waals surface area contributed by atoms with E-state index >= 15 is 0 Å². The summed E-state index contributed by atoms with van der Waals surface area (Å²) >= 11 is 7.82. The number of esters is 1. The van der Waals surface area contributed by atoms with Gasteiger partial charge in [-0.3, -0.25) is 4.79 Å². The first-order valence-corrected chi connectivity index (χ1v) is 9.52. The van der Waals surface area contributed by atoms with E-state index in [9.17, 15) is 9.59 Å². The number of rotatable bonds is 5. The van der Waals surface area contributed by atoms with Gasteiger partial charge in [-0.15, -0.1) is 11.3 Å². The lowest BCUT2D eigenvalue weighted by molar-refractivity contribution is -0.142. The van der Waals surface area contributed by atoms with Gasteiger partial charge >= 0.3 is 5.97 Å². The number of ether oxygens (including phenoxy) is 1. The Morgan fingerprint density at radius 1 is 1.19 bits per heavy atom. The van der Waals surface area contributed by atoms with Crippen LogP contribution in [-0.4, -0.2) is 18.5 Å². The van der Waals surface area contributed by atoms with Crippen molar-refractivity contribution >= 4 is 56.7 Å². The van der Waals surface area contributed by atoms with E-state index in [0.29, 0.717) is 10.7 Å². The largest absolute Gasteiger partial charge is 0.452 e. The second-order valence-electron chi connectivity index (χ2n) is 6.08. The number of carbonyl (C=O) groups excluding carboxylic acids is 2. The number of amides is 1. The zero-order valence-electron chi connectivity index (χ0n) is 14.9. The molecule has 6 heteroatoms. The molecule has 0 spiro atoms. The molecule has 0 fully saturated rings. The van der Waals surface area contributed by atoms with E-state index in [2.05, 4.69) is 5.32 Å². The summed E-state index contributed by atoms with van der Waals surface area (Å²) in [5, 5.41) is 4.29. The molecule has 1 aromatic heterocycles. The van der Waals surface area contributed by atoms with E-state index in [1.165, 1.54) is 17.4 Å². The van der Waals surface area contributed by atoms with Crippen LogP contribution in [0.3, 0.4) is 0 Å². The minimum atomic E-state index is -0.598. The van der Waals surface area contributed by atoms with Crippen LogP contribution in [0.15, 0.2) is 48.5 Å². The fourth-order valence-electron chi connectivity index (χ4n) is 2.61. The fourth-order valence-corrected chi connectivity index (χ4v) is 4.01. The van der Waals surface area contributed by atoms with E-state index in [1.54, 1.807) is 6.08 Å². The van der Waals surface area contributed by atoms with E-state index in [-0.39, 0.29) is 12.5 Å². The van der Waals surface area contributed by atoms with Gasteiger partial charge in [-0.1, -0.05) is 47.5 Å². The first kappa shape index (κ1) is 19.1.